The topological polar surface area (TPSA) is 140 Å². The predicted octanol–water partition coefficient (Wildman–Crippen LogP) is 2.30. The molecular weight excluding hydrogens is 467 g/mol. The highest BCUT2D eigenvalue weighted by Crippen LogP contribution is 2.29. The van der Waals surface area contributed by atoms with E-state index in [1.54, 1.807) is 32.5 Å². The lowest BCUT2D eigenvalue weighted by molar-refractivity contribution is -0.138. The Bertz CT molecular complexity index is 1350. The number of pyridine rings is 1. The van der Waals surface area contributed by atoms with Gasteiger partial charge in [0.1, 0.15) is 41.3 Å². The van der Waals surface area contributed by atoms with Crippen LogP contribution in [0.25, 0.3) is 17.2 Å². The van der Waals surface area contributed by atoms with Gasteiger partial charge in [0.25, 0.3) is 0 Å². The van der Waals surface area contributed by atoms with Gasteiger partial charge in [-0.25, -0.2) is 24.1 Å². The molecule has 3 aromatic heterocycles. The van der Waals surface area contributed by atoms with Gasteiger partial charge < -0.3 is 20.2 Å². The molecule has 0 aliphatic carbocycles. The molecule has 2 unspecified atom stereocenters. The van der Waals surface area contributed by atoms with Crippen LogP contribution in [0.2, 0.25) is 0 Å². The van der Waals surface area contributed by atoms with Gasteiger partial charge in [0.2, 0.25) is 5.91 Å². The SMILES string of the molecule is N#CCC(=O)N1CCCC(Nc2cc(N3CCCC3C(=O)O)nc(-c3cnc4ccc(F)cn34)n2)C1. The van der Waals surface area contributed by atoms with Gasteiger partial charge in [0, 0.05) is 37.9 Å². The maximum atomic E-state index is 14.0. The number of halogens is 1. The van der Waals surface area contributed by atoms with Crippen LogP contribution in [0.5, 0.6) is 0 Å². The largest absolute Gasteiger partial charge is 0.480 e. The Morgan fingerprint density at radius 3 is 2.86 bits per heavy atom. The molecule has 0 bridgehead atoms. The Kier molecular flexibility index (Phi) is 6.37. The summed E-state index contributed by atoms with van der Waals surface area (Å²) < 4.78 is 15.5. The van der Waals surface area contributed by atoms with Crippen molar-refractivity contribution in [1.82, 2.24) is 24.3 Å². The number of hydrogen-bond donors (Lipinski definition) is 2. The van der Waals surface area contributed by atoms with Crippen molar-refractivity contribution in [1.29, 1.82) is 5.26 Å². The number of carboxylic acid groups (broad SMARTS) is 1. The summed E-state index contributed by atoms with van der Waals surface area (Å²) in [5, 5.41) is 21.9. The average molecular weight is 493 g/mol. The van der Waals surface area contributed by atoms with E-state index in [4.69, 9.17) is 5.26 Å². The Balaban J connectivity index is 1.51. The molecule has 2 fully saturated rings. The standard InChI is InChI=1S/C24H25FN8O3/c25-15-5-6-20-27-12-18(33(20)13-15)23-29-19(11-21(30-23)32-10-2-4-17(32)24(35)36)28-16-3-1-9-31(14-16)22(34)7-8-26/h5-6,11-13,16-17H,1-4,7,9-10,14H2,(H,35,36)(H,28,29,30). The number of piperidine rings is 1. The lowest BCUT2D eigenvalue weighted by Crippen LogP contribution is -2.45. The molecule has 11 nitrogen and oxygen atoms in total. The number of likely N-dealkylation sites (tertiary alicyclic amines) is 1. The minimum Gasteiger partial charge on any atom is -0.480 e. The number of nitrogens with zero attached hydrogens (tertiary/aromatic N) is 7. The van der Waals surface area contributed by atoms with Crippen molar-refractivity contribution in [3.05, 3.63) is 36.4 Å². The van der Waals surface area contributed by atoms with Gasteiger partial charge in [-0.05, 0) is 37.8 Å². The van der Waals surface area contributed by atoms with E-state index in [0.717, 1.165) is 19.3 Å². The summed E-state index contributed by atoms with van der Waals surface area (Å²) in [6.45, 7) is 1.56. The van der Waals surface area contributed by atoms with Crippen molar-refractivity contribution < 1.29 is 19.1 Å². The molecule has 2 aliphatic heterocycles. The number of aromatic nitrogens is 4. The van der Waals surface area contributed by atoms with Gasteiger partial charge in [0.15, 0.2) is 5.82 Å². The van der Waals surface area contributed by atoms with Crippen molar-refractivity contribution in [3.8, 4) is 17.6 Å². The Hall–Kier alpha value is -4.27. The van der Waals surface area contributed by atoms with E-state index in [1.807, 2.05) is 6.07 Å². The highest BCUT2D eigenvalue weighted by Gasteiger charge is 2.32. The molecule has 2 atom stereocenters. The maximum absolute atomic E-state index is 14.0. The normalized spacial score (nSPS) is 19.9. The van der Waals surface area contributed by atoms with Crippen LogP contribution >= 0.6 is 0 Å². The highest BCUT2D eigenvalue weighted by atomic mass is 19.1. The van der Waals surface area contributed by atoms with E-state index in [2.05, 4.69) is 20.3 Å². The van der Waals surface area contributed by atoms with Gasteiger partial charge in [0.05, 0.1) is 12.3 Å². The summed E-state index contributed by atoms with van der Waals surface area (Å²) in [4.78, 5) is 41.1. The summed E-state index contributed by atoms with van der Waals surface area (Å²) in [6.07, 6.45) is 5.50. The molecule has 0 spiro atoms. The molecule has 1 amide bonds. The molecule has 2 N–H and O–H groups in total. The molecule has 5 heterocycles. The molecule has 186 valence electrons. The van der Waals surface area contributed by atoms with Crippen LogP contribution in [0.1, 0.15) is 32.1 Å². The molecule has 12 heteroatoms. The zero-order valence-electron chi connectivity index (χ0n) is 19.5. The van der Waals surface area contributed by atoms with Crippen LogP contribution in [0.4, 0.5) is 16.0 Å². The van der Waals surface area contributed by atoms with E-state index in [0.29, 0.717) is 49.0 Å². The molecule has 0 saturated carbocycles. The third-order valence-electron chi connectivity index (χ3n) is 6.60. The van der Waals surface area contributed by atoms with E-state index in [9.17, 15) is 19.1 Å². The first-order chi connectivity index (χ1) is 17.4. The summed E-state index contributed by atoms with van der Waals surface area (Å²) in [5.41, 5.74) is 0.994. The van der Waals surface area contributed by atoms with E-state index >= 15 is 0 Å². The third kappa shape index (κ3) is 4.64. The Morgan fingerprint density at radius 2 is 2.06 bits per heavy atom. The monoisotopic (exact) mass is 492 g/mol. The number of nitriles is 1. The zero-order valence-corrected chi connectivity index (χ0v) is 19.5. The van der Waals surface area contributed by atoms with Crippen LogP contribution in [-0.2, 0) is 9.59 Å². The lowest BCUT2D eigenvalue weighted by Gasteiger charge is -2.33. The Labute approximate surface area is 206 Å². The zero-order chi connectivity index (χ0) is 25.2. The lowest BCUT2D eigenvalue weighted by atomic mass is 10.1. The summed E-state index contributed by atoms with van der Waals surface area (Å²) in [7, 11) is 0. The number of carboxylic acids is 1. The fourth-order valence-corrected chi connectivity index (χ4v) is 4.90. The minimum absolute atomic E-state index is 0.106. The van der Waals surface area contributed by atoms with Crippen molar-refractivity contribution in [2.75, 3.05) is 29.9 Å². The molecule has 2 aliphatic rings. The molecule has 0 aromatic carbocycles. The van der Waals surface area contributed by atoms with E-state index in [1.165, 1.54) is 12.3 Å². The van der Waals surface area contributed by atoms with Gasteiger partial charge >= 0.3 is 5.97 Å². The first-order valence-corrected chi connectivity index (χ1v) is 11.9. The number of imidazole rings is 1. The number of carbonyl (C=O) groups excluding carboxylic acids is 1. The second kappa shape index (κ2) is 9.77. The Morgan fingerprint density at radius 1 is 1.22 bits per heavy atom. The number of amides is 1. The van der Waals surface area contributed by atoms with E-state index < -0.39 is 17.8 Å². The number of carbonyl (C=O) groups is 2. The second-order valence-electron chi connectivity index (χ2n) is 9.00. The molecule has 5 rings (SSSR count). The van der Waals surface area contributed by atoms with Crippen LogP contribution in [0.15, 0.2) is 30.6 Å². The van der Waals surface area contributed by atoms with Crippen LogP contribution in [0.3, 0.4) is 0 Å². The van der Waals surface area contributed by atoms with Crippen LogP contribution in [0, 0.1) is 17.1 Å². The number of aliphatic carboxylic acids is 1. The number of nitrogens with one attached hydrogen (secondary N) is 1. The maximum Gasteiger partial charge on any atom is 0.326 e. The van der Waals surface area contributed by atoms with Gasteiger partial charge in [-0.2, -0.15) is 5.26 Å². The van der Waals surface area contributed by atoms with Crippen LogP contribution in [-0.4, -0.2) is 73.0 Å². The summed E-state index contributed by atoms with van der Waals surface area (Å²) in [6, 6.07) is 5.68. The van der Waals surface area contributed by atoms with Gasteiger partial charge in [-0.1, -0.05) is 0 Å². The third-order valence-corrected chi connectivity index (χ3v) is 6.60. The molecule has 36 heavy (non-hydrogen) atoms. The number of hydrogen-bond acceptors (Lipinski definition) is 8. The highest BCUT2D eigenvalue weighted by molar-refractivity contribution is 5.79. The first-order valence-electron chi connectivity index (χ1n) is 11.9. The quantitative estimate of drug-likeness (QED) is 0.530. The fourth-order valence-electron chi connectivity index (χ4n) is 4.90. The summed E-state index contributed by atoms with van der Waals surface area (Å²) in [5.74, 6) is -0.368. The second-order valence-corrected chi connectivity index (χ2v) is 9.00. The minimum atomic E-state index is -0.919. The molecular formula is C24H25FN8O3. The number of anilines is 2. The predicted molar refractivity (Wildman–Crippen MR) is 128 cm³/mol. The molecule has 0 radical (unpaired) electrons. The van der Waals surface area contributed by atoms with Crippen molar-refractivity contribution in [3.63, 3.8) is 0 Å². The van der Waals surface area contributed by atoms with Crippen molar-refractivity contribution in [2.24, 2.45) is 0 Å². The molecule has 2 saturated heterocycles. The van der Waals surface area contributed by atoms with Gasteiger partial charge in [-0.15, -0.1) is 0 Å². The fraction of sp³-hybridized carbons (Fsp3) is 0.417. The number of fused-ring (bicyclic) bond motifs is 1. The van der Waals surface area contributed by atoms with E-state index in [-0.39, 0.29) is 24.2 Å². The summed E-state index contributed by atoms with van der Waals surface area (Å²) >= 11 is 0. The van der Waals surface area contributed by atoms with Gasteiger partial charge in [-0.3, -0.25) is 9.20 Å². The number of rotatable bonds is 6. The molecule has 3 aromatic rings. The van der Waals surface area contributed by atoms with Crippen LogP contribution < -0.4 is 10.2 Å². The van der Waals surface area contributed by atoms with Crippen molar-refractivity contribution in [2.45, 2.75) is 44.2 Å². The van der Waals surface area contributed by atoms with Crippen molar-refractivity contribution >= 4 is 29.2 Å². The average Bonchev–Trinajstić information content (AvgIpc) is 3.52. The smallest absolute Gasteiger partial charge is 0.326 e. The first kappa shape index (κ1) is 23.5.